The molecule has 3 aromatic carbocycles. The van der Waals surface area contributed by atoms with Crippen LogP contribution in [0, 0.1) is 17.0 Å². The van der Waals surface area contributed by atoms with Crippen LogP contribution in [0.15, 0.2) is 64.6 Å². The lowest BCUT2D eigenvalue weighted by atomic mass is 10.2. The maximum Gasteiger partial charge on any atom is 0.273 e. The lowest BCUT2D eigenvalue weighted by Crippen LogP contribution is -2.39. The zero-order chi connectivity index (χ0) is 27.3. The van der Waals surface area contributed by atoms with Crippen molar-refractivity contribution in [3.8, 4) is 5.75 Å². The van der Waals surface area contributed by atoms with Crippen molar-refractivity contribution in [2.24, 2.45) is 5.10 Å². The first-order valence-electron chi connectivity index (χ1n) is 10.3. The van der Waals surface area contributed by atoms with Crippen LogP contribution in [0.3, 0.4) is 0 Å². The summed E-state index contributed by atoms with van der Waals surface area (Å²) in [5.41, 5.74) is 2.60. The number of carbonyl (C=O) groups excluding carboxylic acids is 1. The van der Waals surface area contributed by atoms with Gasteiger partial charge in [0, 0.05) is 16.7 Å². The van der Waals surface area contributed by atoms with E-state index in [2.05, 4.69) is 10.5 Å². The number of nitrogens with zero attached hydrogens (tertiary/aromatic N) is 3. The zero-order valence-corrected chi connectivity index (χ0v) is 22.4. The Hall–Kier alpha value is -3.38. The minimum absolute atomic E-state index is 0.0539. The Kier molecular flexibility index (Phi) is 8.98. The summed E-state index contributed by atoms with van der Waals surface area (Å²) in [7, 11) is -3.20. The van der Waals surface area contributed by atoms with Gasteiger partial charge in [0.15, 0.2) is 0 Å². The predicted octanol–water partition coefficient (Wildman–Crippen LogP) is 5.22. The van der Waals surface area contributed by atoms with Crippen molar-refractivity contribution in [2.75, 3.05) is 18.0 Å². The molecule has 0 aromatic heterocycles. The number of aryl methyl sites for hydroxylation is 1. The van der Waals surface area contributed by atoms with E-state index < -0.39 is 38.0 Å². The third-order valence-electron chi connectivity index (χ3n) is 5.01. The Morgan fingerprint density at radius 3 is 2.49 bits per heavy atom. The summed E-state index contributed by atoms with van der Waals surface area (Å²) in [6.45, 7) is 0.727. The van der Waals surface area contributed by atoms with Gasteiger partial charge in [-0.25, -0.2) is 13.8 Å². The van der Waals surface area contributed by atoms with E-state index in [1.807, 2.05) is 0 Å². The Balaban J connectivity index is 1.99. The van der Waals surface area contributed by atoms with Crippen LogP contribution in [0.4, 0.5) is 11.4 Å². The molecule has 0 unspecified atom stereocenters. The number of benzene rings is 3. The van der Waals surface area contributed by atoms with Crippen LogP contribution in [0.2, 0.25) is 15.1 Å². The summed E-state index contributed by atoms with van der Waals surface area (Å²) in [5.74, 6) is -0.717. The molecule has 1 N–H and O–H groups in total. The third-order valence-corrected chi connectivity index (χ3v) is 7.74. The molecule has 3 rings (SSSR count). The maximum atomic E-state index is 13.7. The fourth-order valence-corrected chi connectivity index (χ4v) is 5.09. The number of hydrazone groups is 1. The summed E-state index contributed by atoms with van der Waals surface area (Å²) in [6, 6.07) is 12.3. The largest absolute Gasteiger partial charge is 0.495 e. The van der Waals surface area contributed by atoms with E-state index in [-0.39, 0.29) is 27.0 Å². The second kappa shape index (κ2) is 11.8. The quantitative estimate of drug-likeness (QED) is 0.208. The van der Waals surface area contributed by atoms with Gasteiger partial charge in [-0.05, 0) is 48.9 Å². The molecule has 0 aliphatic rings. The van der Waals surface area contributed by atoms with Gasteiger partial charge in [0.25, 0.3) is 21.6 Å². The van der Waals surface area contributed by atoms with Crippen molar-refractivity contribution in [3.63, 3.8) is 0 Å². The van der Waals surface area contributed by atoms with Gasteiger partial charge in [-0.1, -0.05) is 46.9 Å². The zero-order valence-electron chi connectivity index (χ0n) is 19.3. The van der Waals surface area contributed by atoms with Gasteiger partial charge in [0.2, 0.25) is 0 Å². The molecule has 0 aliphatic carbocycles. The fraction of sp³-hybridized carbons (Fsp3) is 0.130. The van der Waals surface area contributed by atoms with Gasteiger partial charge >= 0.3 is 0 Å². The molecule has 0 bridgehead atoms. The molecular formula is C23H19Cl3N4O6S. The fourth-order valence-electron chi connectivity index (χ4n) is 3.17. The molecule has 0 heterocycles. The van der Waals surface area contributed by atoms with E-state index >= 15 is 0 Å². The number of nitro groups is 1. The molecule has 14 heteroatoms. The van der Waals surface area contributed by atoms with Gasteiger partial charge in [0.05, 0.1) is 38.9 Å². The molecule has 37 heavy (non-hydrogen) atoms. The highest BCUT2D eigenvalue weighted by Gasteiger charge is 2.31. The summed E-state index contributed by atoms with van der Waals surface area (Å²) < 4.78 is 33.3. The number of carbonyl (C=O) groups is 1. The number of hydrogen-bond acceptors (Lipinski definition) is 7. The van der Waals surface area contributed by atoms with Crippen LogP contribution in [0.5, 0.6) is 5.75 Å². The number of nitro benzene ring substituents is 1. The normalized spacial score (nSPS) is 11.4. The molecule has 0 aliphatic heterocycles. The first-order chi connectivity index (χ1) is 17.4. The second-order valence-electron chi connectivity index (χ2n) is 7.50. The molecule has 0 saturated heterocycles. The number of ether oxygens (including phenoxy) is 1. The van der Waals surface area contributed by atoms with Crippen LogP contribution in [-0.4, -0.2) is 39.1 Å². The number of halogens is 3. The van der Waals surface area contributed by atoms with Crippen molar-refractivity contribution >= 4 is 68.3 Å². The van der Waals surface area contributed by atoms with Crippen LogP contribution in [-0.2, 0) is 14.8 Å². The molecule has 0 atom stereocenters. The van der Waals surface area contributed by atoms with E-state index in [9.17, 15) is 23.3 Å². The number of methoxy groups -OCH3 is 1. The van der Waals surface area contributed by atoms with Gasteiger partial charge in [-0.3, -0.25) is 19.2 Å². The lowest BCUT2D eigenvalue weighted by molar-refractivity contribution is -0.385. The molecule has 1 amide bonds. The van der Waals surface area contributed by atoms with E-state index in [1.54, 1.807) is 12.1 Å². The van der Waals surface area contributed by atoms with Gasteiger partial charge in [-0.2, -0.15) is 5.10 Å². The van der Waals surface area contributed by atoms with Gasteiger partial charge in [0.1, 0.15) is 12.3 Å². The van der Waals surface area contributed by atoms with Crippen LogP contribution >= 0.6 is 34.8 Å². The number of nitrogens with one attached hydrogen (secondary N) is 1. The smallest absolute Gasteiger partial charge is 0.273 e. The Bertz CT molecular complexity index is 1500. The molecular weight excluding hydrogens is 567 g/mol. The predicted molar refractivity (Wildman–Crippen MR) is 143 cm³/mol. The van der Waals surface area contributed by atoms with Crippen molar-refractivity contribution < 1.29 is 22.9 Å². The average Bonchev–Trinajstić information content (AvgIpc) is 2.84. The van der Waals surface area contributed by atoms with Crippen molar-refractivity contribution in [1.29, 1.82) is 0 Å². The highest BCUT2D eigenvalue weighted by atomic mass is 35.5. The summed E-state index contributed by atoms with van der Waals surface area (Å²) in [5, 5.41) is 16.0. The van der Waals surface area contributed by atoms with E-state index in [4.69, 9.17) is 39.5 Å². The number of amides is 1. The number of hydrogen-bond donors (Lipinski definition) is 1. The molecule has 0 fully saturated rings. The van der Waals surface area contributed by atoms with Crippen LogP contribution < -0.4 is 14.5 Å². The standard InChI is InChI=1S/C23H19Cl3N4O6S/c1-14-3-6-17(11-20(14)30(32)33)37(34,35)29(21-10-16(24)5-8-22(21)36-2)13-23(31)28-27-12-15-4-7-18(25)19(26)9-15/h3-12H,13H2,1-2H3,(H,28,31)/b27-12-. The Morgan fingerprint density at radius 1 is 1.11 bits per heavy atom. The van der Waals surface area contributed by atoms with Crippen LogP contribution in [0.25, 0.3) is 0 Å². The van der Waals surface area contributed by atoms with E-state index in [1.165, 1.54) is 56.6 Å². The van der Waals surface area contributed by atoms with Crippen molar-refractivity contribution in [3.05, 3.63) is 90.9 Å². The first kappa shape index (κ1) is 28.2. The number of rotatable bonds is 9. The van der Waals surface area contributed by atoms with Gasteiger partial charge in [-0.15, -0.1) is 0 Å². The minimum Gasteiger partial charge on any atom is -0.495 e. The second-order valence-corrected chi connectivity index (χ2v) is 10.6. The average molecular weight is 586 g/mol. The summed E-state index contributed by atoms with van der Waals surface area (Å²) in [4.78, 5) is 23.1. The van der Waals surface area contributed by atoms with Gasteiger partial charge < -0.3 is 4.74 Å². The summed E-state index contributed by atoms with van der Waals surface area (Å²) >= 11 is 17.9. The maximum absolute atomic E-state index is 13.7. The monoisotopic (exact) mass is 584 g/mol. The number of sulfonamides is 1. The third kappa shape index (κ3) is 6.69. The van der Waals surface area contributed by atoms with Crippen molar-refractivity contribution in [2.45, 2.75) is 11.8 Å². The van der Waals surface area contributed by atoms with E-state index in [0.717, 1.165) is 10.4 Å². The van der Waals surface area contributed by atoms with E-state index in [0.29, 0.717) is 10.6 Å². The van der Waals surface area contributed by atoms with Crippen molar-refractivity contribution in [1.82, 2.24) is 5.43 Å². The lowest BCUT2D eigenvalue weighted by Gasteiger charge is -2.25. The molecule has 0 radical (unpaired) electrons. The molecule has 194 valence electrons. The van der Waals surface area contributed by atoms with Crippen LogP contribution in [0.1, 0.15) is 11.1 Å². The number of anilines is 1. The topological polar surface area (TPSA) is 131 Å². The molecule has 0 saturated carbocycles. The molecule has 10 nitrogen and oxygen atoms in total. The first-order valence-corrected chi connectivity index (χ1v) is 12.9. The molecule has 3 aromatic rings. The summed E-state index contributed by atoms with van der Waals surface area (Å²) in [6.07, 6.45) is 1.29. The minimum atomic E-state index is -4.51. The molecule has 0 spiro atoms. The SMILES string of the molecule is COc1ccc(Cl)cc1N(CC(=O)N/N=C\c1ccc(Cl)c(Cl)c1)S(=O)(=O)c1ccc(C)c([N+](=O)[O-])c1. The highest BCUT2D eigenvalue weighted by molar-refractivity contribution is 7.92. The highest BCUT2D eigenvalue weighted by Crippen LogP contribution is 2.35. The Morgan fingerprint density at radius 2 is 1.84 bits per heavy atom. The Labute approximate surface area is 227 Å².